The van der Waals surface area contributed by atoms with Crippen LogP contribution in [0.5, 0.6) is 5.75 Å². The maximum atomic E-state index is 13.0. The van der Waals surface area contributed by atoms with Crippen LogP contribution in [0.2, 0.25) is 0 Å². The van der Waals surface area contributed by atoms with Gasteiger partial charge in [0.25, 0.3) is 10.0 Å². The highest BCUT2D eigenvalue weighted by molar-refractivity contribution is 7.92. The van der Waals surface area contributed by atoms with E-state index in [-0.39, 0.29) is 29.0 Å². The monoisotopic (exact) mass is 442 g/mol. The van der Waals surface area contributed by atoms with Crippen LogP contribution in [0, 0.1) is 5.82 Å². The first-order chi connectivity index (χ1) is 14.9. The van der Waals surface area contributed by atoms with Gasteiger partial charge in [0.2, 0.25) is 0 Å². The molecule has 0 spiro atoms. The second kappa shape index (κ2) is 8.56. The van der Waals surface area contributed by atoms with Gasteiger partial charge < -0.3 is 10.1 Å². The van der Waals surface area contributed by atoms with Gasteiger partial charge in [-0.1, -0.05) is 12.1 Å². The van der Waals surface area contributed by atoms with Gasteiger partial charge in [0.05, 0.1) is 23.8 Å². The Labute approximate surface area is 178 Å². The largest absolute Gasteiger partial charge is 0.492 e. The number of benzene rings is 2. The molecule has 0 unspecified atom stereocenters. The Hall–Kier alpha value is -3.73. The van der Waals surface area contributed by atoms with Gasteiger partial charge in [-0.2, -0.15) is 5.10 Å². The number of halogens is 1. The summed E-state index contributed by atoms with van der Waals surface area (Å²) in [4.78, 5) is 8.91. The molecule has 0 aliphatic rings. The van der Waals surface area contributed by atoms with Gasteiger partial charge in [-0.15, -0.1) is 0 Å². The Balaban J connectivity index is 1.54. The Morgan fingerprint density at radius 1 is 1.03 bits per heavy atom. The van der Waals surface area contributed by atoms with Gasteiger partial charge in [0.1, 0.15) is 23.1 Å². The molecule has 0 aliphatic carbocycles. The molecule has 9 nitrogen and oxygen atoms in total. The van der Waals surface area contributed by atoms with Crippen LogP contribution < -0.4 is 14.8 Å². The van der Waals surface area contributed by atoms with Crippen molar-refractivity contribution in [2.45, 2.75) is 4.90 Å². The van der Waals surface area contributed by atoms with Crippen molar-refractivity contribution in [1.82, 2.24) is 19.7 Å². The van der Waals surface area contributed by atoms with E-state index in [0.29, 0.717) is 23.3 Å². The maximum Gasteiger partial charge on any atom is 0.266 e. The molecule has 0 saturated carbocycles. The first-order valence-electron chi connectivity index (χ1n) is 9.31. The topological polar surface area (TPSA) is 111 Å². The van der Waals surface area contributed by atoms with Crippen LogP contribution in [0.1, 0.15) is 0 Å². The summed E-state index contributed by atoms with van der Waals surface area (Å²) in [5.74, 6) is 0.492. The smallest absolute Gasteiger partial charge is 0.266 e. The van der Waals surface area contributed by atoms with Gasteiger partial charge in [-0.25, -0.2) is 22.8 Å². The number of hydrogen-bond donors (Lipinski definition) is 2. The van der Waals surface area contributed by atoms with Crippen molar-refractivity contribution in [2.24, 2.45) is 7.05 Å². The van der Waals surface area contributed by atoms with E-state index in [2.05, 4.69) is 25.1 Å². The third kappa shape index (κ3) is 4.89. The number of ether oxygens (including phenoxy) is 1. The normalized spacial score (nSPS) is 11.4. The molecule has 0 saturated heterocycles. The highest BCUT2D eigenvalue weighted by Gasteiger charge is 2.20. The van der Waals surface area contributed by atoms with E-state index < -0.39 is 10.0 Å². The lowest BCUT2D eigenvalue weighted by atomic mass is 10.3. The third-order valence-electron chi connectivity index (χ3n) is 4.27. The van der Waals surface area contributed by atoms with Crippen LogP contribution in [0.4, 0.5) is 16.0 Å². The fourth-order valence-electron chi connectivity index (χ4n) is 2.79. The summed E-state index contributed by atoms with van der Waals surface area (Å²) in [6.45, 7) is 0.556. The first-order valence-corrected chi connectivity index (χ1v) is 10.8. The summed E-state index contributed by atoms with van der Waals surface area (Å²) in [5.41, 5.74) is 1.15. The predicted molar refractivity (Wildman–Crippen MR) is 114 cm³/mol. The lowest BCUT2D eigenvalue weighted by molar-refractivity contribution is 0.332. The number of sulfonamides is 1. The van der Waals surface area contributed by atoms with Crippen molar-refractivity contribution < 1.29 is 17.5 Å². The number of hydrogen-bond acceptors (Lipinski definition) is 7. The molecule has 2 aromatic heterocycles. The van der Waals surface area contributed by atoms with Crippen molar-refractivity contribution in [3.05, 3.63) is 66.7 Å². The fourth-order valence-corrected chi connectivity index (χ4v) is 3.78. The second-order valence-corrected chi connectivity index (χ2v) is 8.28. The van der Waals surface area contributed by atoms with Crippen molar-refractivity contribution in [2.75, 3.05) is 23.2 Å². The zero-order chi connectivity index (χ0) is 21.8. The van der Waals surface area contributed by atoms with Crippen LogP contribution >= 0.6 is 0 Å². The van der Waals surface area contributed by atoms with Crippen molar-refractivity contribution in [1.29, 1.82) is 0 Å². The zero-order valence-corrected chi connectivity index (χ0v) is 17.3. The number of nitrogens with zero attached hydrogens (tertiary/aromatic N) is 4. The molecule has 2 N–H and O–H groups in total. The van der Waals surface area contributed by atoms with Crippen LogP contribution in [0.15, 0.2) is 65.8 Å². The molecule has 31 heavy (non-hydrogen) atoms. The summed E-state index contributed by atoms with van der Waals surface area (Å²) in [5, 5.41) is 6.94. The molecular weight excluding hydrogens is 423 g/mol. The van der Waals surface area contributed by atoms with Gasteiger partial charge in [-0.05, 0) is 36.4 Å². The number of anilines is 2. The molecule has 0 aliphatic heterocycles. The van der Waals surface area contributed by atoms with Crippen LogP contribution in [-0.4, -0.2) is 41.3 Å². The Kier molecular flexibility index (Phi) is 5.67. The summed E-state index contributed by atoms with van der Waals surface area (Å²) in [7, 11) is -2.28. The van der Waals surface area contributed by atoms with E-state index in [9.17, 15) is 12.8 Å². The van der Waals surface area contributed by atoms with E-state index >= 15 is 0 Å². The third-order valence-corrected chi connectivity index (χ3v) is 5.56. The Morgan fingerprint density at radius 2 is 1.71 bits per heavy atom. The molecule has 2 heterocycles. The lowest BCUT2D eigenvalue weighted by Crippen LogP contribution is -2.18. The highest BCUT2D eigenvalue weighted by Crippen LogP contribution is 2.24. The minimum absolute atomic E-state index is 0.00977. The van der Waals surface area contributed by atoms with Gasteiger partial charge in [0, 0.05) is 13.2 Å². The van der Waals surface area contributed by atoms with Crippen LogP contribution in [0.3, 0.4) is 0 Å². The molecule has 2 aromatic carbocycles. The zero-order valence-electron chi connectivity index (χ0n) is 16.5. The van der Waals surface area contributed by atoms with Crippen LogP contribution in [-0.2, 0) is 17.1 Å². The van der Waals surface area contributed by atoms with E-state index in [1.165, 1.54) is 41.3 Å². The summed E-state index contributed by atoms with van der Waals surface area (Å²) in [6.07, 6.45) is 2.64. The van der Waals surface area contributed by atoms with E-state index in [0.717, 1.165) is 0 Å². The quantitative estimate of drug-likeness (QED) is 0.404. The molecule has 160 valence electrons. The van der Waals surface area contributed by atoms with E-state index in [1.807, 2.05) is 6.07 Å². The second-order valence-electron chi connectivity index (χ2n) is 6.59. The summed E-state index contributed by atoms with van der Waals surface area (Å²) < 4.78 is 47.9. The van der Waals surface area contributed by atoms with Gasteiger partial charge in [-0.3, -0.25) is 9.40 Å². The molecule has 0 bridgehead atoms. The molecule has 0 amide bonds. The fraction of sp³-hybridized carbons (Fsp3) is 0.150. The minimum Gasteiger partial charge on any atom is -0.492 e. The molecule has 4 aromatic rings. The van der Waals surface area contributed by atoms with E-state index in [4.69, 9.17) is 4.74 Å². The maximum absolute atomic E-state index is 13.0. The van der Waals surface area contributed by atoms with Crippen LogP contribution in [0.25, 0.3) is 11.0 Å². The Bertz CT molecular complexity index is 1310. The van der Waals surface area contributed by atoms with Crippen molar-refractivity contribution in [3.8, 4) is 5.75 Å². The number of para-hydroxylation sites is 2. The van der Waals surface area contributed by atoms with Crippen molar-refractivity contribution in [3.63, 3.8) is 0 Å². The van der Waals surface area contributed by atoms with E-state index in [1.54, 1.807) is 25.2 Å². The summed E-state index contributed by atoms with van der Waals surface area (Å²) >= 11 is 0. The molecule has 11 heteroatoms. The number of fused-ring (bicyclic) bond motifs is 1. The molecule has 0 atom stereocenters. The van der Waals surface area contributed by atoms with Gasteiger partial charge >= 0.3 is 0 Å². The SMILES string of the molecule is Cn1cc(S(=O)(=O)Nc2nc3ccccc3nc2NCCOc2ccc(F)cc2)cn1. The van der Waals surface area contributed by atoms with Gasteiger partial charge in [0.15, 0.2) is 11.6 Å². The summed E-state index contributed by atoms with van der Waals surface area (Å²) in [6, 6.07) is 12.8. The molecule has 0 fully saturated rings. The lowest BCUT2D eigenvalue weighted by Gasteiger charge is -2.13. The Morgan fingerprint density at radius 3 is 2.35 bits per heavy atom. The highest BCUT2D eigenvalue weighted by atomic mass is 32.2. The average Bonchev–Trinajstić information content (AvgIpc) is 3.20. The standard InChI is InChI=1S/C20H19FN6O3S/c1-27-13-16(12-23-27)31(28,29)26-20-19(24-17-4-2-3-5-18(17)25-20)22-10-11-30-15-8-6-14(21)7-9-15/h2-9,12-13H,10-11H2,1H3,(H,22,24)(H,25,26). The van der Waals surface area contributed by atoms with Crippen molar-refractivity contribution >= 4 is 32.7 Å². The molecule has 0 radical (unpaired) electrons. The molecular formula is C20H19FN6O3S. The number of rotatable bonds is 8. The number of aryl methyl sites for hydroxylation is 1. The number of nitrogens with one attached hydrogen (secondary N) is 2. The minimum atomic E-state index is -3.90. The predicted octanol–water partition coefficient (Wildman–Crippen LogP) is 2.79. The number of aromatic nitrogens is 4. The molecule has 4 rings (SSSR count). The average molecular weight is 442 g/mol. The first kappa shape index (κ1) is 20.5.